The van der Waals surface area contributed by atoms with Crippen molar-refractivity contribution in [3.05, 3.63) is 0 Å². The first kappa shape index (κ1) is 10.5. The quantitative estimate of drug-likeness (QED) is 0.424. The van der Waals surface area contributed by atoms with E-state index in [1.807, 2.05) is 0 Å². The highest BCUT2D eigenvalue weighted by molar-refractivity contribution is 9.09. The van der Waals surface area contributed by atoms with Crippen molar-refractivity contribution in [3.8, 4) is 0 Å². The molecule has 0 radical (unpaired) electrons. The van der Waals surface area contributed by atoms with Gasteiger partial charge in [0.05, 0.1) is 13.7 Å². The number of alkyl halides is 1. The summed E-state index contributed by atoms with van der Waals surface area (Å²) < 4.78 is 9.38. The Labute approximate surface area is 84.7 Å². The summed E-state index contributed by atoms with van der Waals surface area (Å²) in [4.78, 5) is 22.7. The van der Waals surface area contributed by atoms with Gasteiger partial charge in [0.15, 0.2) is 5.41 Å². The van der Waals surface area contributed by atoms with E-state index in [9.17, 15) is 9.59 Å². The molecule has 0 aliphatic carbocycles. The monoisotopic (exact) mass is 250 g/mol. The van der Waals surface area contributed by atoms with Gasteiger partial charge in [0, 0.05) is 11.8 Å². The van der Waals surface area contributed by atoms with Crippen LogP contribution in [0, 0.1) is 5.41 Å². The Bertz CT molecular complexity index is 228. The highest BCUT2D eigenvalue weighted by atomic mass is 79.9. The summed E-state index contributed by atoms with van der Waals surface area (Å²) in [6.07, 6.45) is 0.850. The van der Waals surface area contributed by atoms with Gasteiger partial charge in [-0.25, -0.2) is 0 Å². The SMILES string of the molecule is COC(=O)C1(CCBr)CCOC1=O. The molecule has 0 aromatic heterocycles. The summed E-state index contributed by atoms with van der Waals surface area (Å²) in [5, 5.41) is 0.581. The summed E-state index contributed by atoms with van der Waals surface area (Å²) in [5.41, 5.74) is -1.06. The predicted molar refractivity (Wildman–Crippen MR) is 48.4 cm³/mol. The van der Waals surface area contributed by atoms with Gasteiger partial charge in [-0.1, -0.05) is 15.9 Å². The molecule has 0 aromatic rings. The molecule has 1 heterocycles. The molecular formula is C8H11BrO4. The average Bonchev–Trinajstić information content (AvgIpc) is 2.48. The molecule has 1 saturated heterocycles. The molecule has 74 valence electrons. The number of hydrogen-bond donors (Lipinski definition) is 0. The second kappa shape index (κ2) is 4.09. The fraction of sp³-hybridized carbons (Fsp3) is 0.750. The zero-order valence-corrected chi connectivity index (χ0v) is 8.93. The van der Waals surface area contributed by atoms with Gasteiger partial charge in [-0.15, -0.1) is 0 Å². The molecule has 0 bridgehead atoms. The number of cyclic esters (lactones) is 1. The molecule has 1 rings (SSSR count). The van der Waals surface area contributed by atoms with Crippen molar-refractivity contribution in [2.75, 3.05) is 19.0 Å². The Kier molecular flexibility index (Phi) is 3.30. The molecule has 1 unspecified atom stereocenters. The van der Waals surface area contributed by atoms with Crippen LogP contribution in [-0.4, -0.2) is 31.0 Å². The molecule has 0 amide bonds. The van der Waals surface area contributed by atoms with E-state index in [1.54, 1.807) is 0 Å². The summed E-state index contributed by atoms with van der Waals surface area (Å²) in [6, 6.07) is 0. The van der Waals surface area contributed by atoms with E-state index in [0.717, 1.165) is 0 Å². The molecule has 13 heavy (non-hydrogen) atoms. The number of carbonyl (C=O) groups excluding carboxylic acids is 2. The van der Waals surface area contributed by atoms with Crippen molar-refractivity contribution in [2.24, 2.45) is 5.41 Å². The van der Waals surface area contributed by atoms with Crippen LogP contribution in [0.4, 0.5) is 0 Å². The maximum atomic E-state index is 11.4. The second-order valence-electron chi connectivity index (χ2n) is 2.90. The minimum absolute atomic E-state index is 0.306. The third-order valence-electron chi connectivity index (χ3n) is 2.25. The lowest BCUT2D eigenvalue weighted by Crippen LogP contribution is -2.37. The van der Waals surface area contributed by atoms with Crippen molar-refractivity contribution in [2.45, 2.75) is 12.8 Å². The predicted octanol–water partition coefficient (Wildman–Crippen LogP) is 0.878. The lowest BCUT2D eigenvalue weighted by molar-refractivity contribution is -0.162. The Balaban J connectivity index is 2.86. The number of carbonyl (C=O) groups is 2. The highest BCUT2D eigenvalue weighted by Crippen LogP contribution is 2.35. The Morgan fingerprint density at radius 3 is 2.85 bits per heavy atom. The van der Waals surface area contributed by atoms with Gasteiger partial charge in [-0.05, 0) is 6.42 Å². The lowest BCUT2D eigenvalue weighted by Gasteiger charge is -2.19. The Morgan fingerprint density at radius 2 is 2.46 bits per heavy atom. The lowest BCUT2D eigenvalue weighted by atomic mass is 9.84. The van der Waals surface area contributed by atoms with E-state index >= 15 is 0 Å². The van der Waals surface area contributed by atoms with Crippen LogP contribution in [-0.2, 0) is 19.1 Å². The number of ether oxygens (including phenoxy) is 2. The van der Waals surface area contributed by atoms with Crippen LogP contribution < -0.4 is 0 Å². The van der Waals surface area contributed by atoms with Gasteiger partial charge in [0.25, 0.3) is 0 Å². The summed E-state index contributed by atoms with van der Waals surface area (Å²) in [7, 11) is 1.28. The van der Waals surface area contributed by atoms with Gasteiger partial charge >= 0.3 is 11.9 Å². The first-order chi connectivity index (χ1) is 6.17. The summed E-state index contributed by atoms with van der Waals surface area (Å²) >= 11 is 3.20. The first-order valence-electron chi connectivity index (χ1n) is 3.99. The van der Waals surface area contributed by atoms with Crippen LogP contribution in [0.1, 0.15) is 12.8 Å². The van der Waals surface area contributed by atoms with E-state index in [-0.39, 0.29) is 0 Å². The Morgan fingerprint density at radius 1 is 1.77 bits per heavy atom. The van der Waals surface area contributed by atoms with Crippen LogP contribution in [0.2, 0.25) is 0 Å². The topological polar surface area (TPSA) is 52.6 Å². The van der Waals surface area contributed by atoms with Gasteiger partial charge in [-0.2, -0.15) is 0 Å². The number of methoxy groups -OCH3 is 1. The zero-order valence-electron chi connectivity index (χ0n) is 7.34. The largest absolute Gasteiger partial charge is 0.468 e. The third-order valence-corrected chi connectivity index (χ3v) is 2.65. The summed E-state index contributed by atoms with van der Waals surface area (Å²) in [6.45, 7) is 0.306. The number of halogens is 1. The van der Waals surface area contributed by atoms with Crippen LogP contribution in [0.25, 0.3) is 0 Å². The van der Waals surface area contributed by atoms with E-state index in [2.05, 4.69) is 20.7 Å². The molecule has 5 heteroatoms. The number of rotatable bonds is 3. The number of esters is 2. The highest BCUT2D eigenvalue weighted by Gasteiger charge is 2.51. The molecule has 1 atom stereocenters. The van der Waals surface area contributed by atoms with Crippen LogP contribution in [0.15, 0.2) is 0 Å². The van der Waals surface area contributed by atoms with Gasteiger partial charge in [-0.3, -0.25) is 9.59 Å². The van der Waals surface area contributed by atoms with Crippen LogP contribution in [0.3, 0.4) is 0 Å². The van der Waals surface area contributed by atoms with Crippen LogP contribution >= 0.6 is 15.9 Å². The van der Waals surface area contributed by atoms with Crippen molar-refractivity contribution in [1.82, 2.24) is 0 Å². The molecule has 0 aromatic carbocycles. The molecule has 0 spiro atoms. The molecule has 0 saturated carbocycles. The standard InChI is InChI=1S/C8H11BrO4/c1-12-6(10)8(2-4-9)3-5-13-7(8)11/h2-5H2,1H3. The molecule has 0 N–H and O–H groups in total. The second-order valence-corrected chi connectivity index (χ2v) is 3.69. The molecule has 1 fully saturated rings. The van der Waals surface area contributed by atoms with Gasteiger partial charge in [0.2, 0.25) is 0 Å². The first-order valence-corrected chi connectivity index (χ1v) is 5.11. The molecular weight excluding hydrogens is 240 g/mol. The number of hydrogen-bond acceptors (Lipinski definition) is 4. The van der Waals surface area contributed by atoms with E-state index in [4.69, 9.17) is 4.74 Å². The molecule has 4 nitrogen and oxygen atoms in total. The minimum atomic E-state index is -1.06. The normalized spacial score (nSPS) is 27.1. The maximum absolute atomic E-state index is 11.4. The van der Waals surface area contributed by atoms with Crippen molar-refractivity contribution >= 4 is 27.9 Å². The van der Waals surface area contributed by atoms with Crippen molar-refractivity contribution < 1.29 is 19.1 Å². The zero-order chi connectivity index (χ0) is 9.90. The summed E-state index contributed by atoms with van der Waals surface area (Å²) in [5.74, 6) is -0.951. The van der Waals surface area contributed by atoms with E-state index < -0.39 is 17.4 Å². The van der Waals surface area contributed by atoms with Crippen LogP contribution in [0.5, 0.6) is 0 Å². The van der Waals surface area contributed by atoms with E-state index in [1.165, 1.54) is 7.11 Å². The minimum Gasteiger partial charge on any atom is -0.468 e. The molecule has 1 aliphatic heterocycles. The fourth-order valence-electron chi connectivity index (χ4n) is 1.43. The van der Waals surface area contributed by atoms with Crippen molar-refractivity contribution in [3.63, 3.8) is 0 Å². The van der Waals surface area contributed by atoms with Gasteiger partial charge in [0.1, 0.15) is 0 Å². The van der Waals surface area contributed by atoms with Gasteiger partial charge < -0.3 is 9.47 Å². The van der Waals surface area contributed by atoms with Crippen molar-refractivity contribution in [1.29, 1.82) is 0 Å². The Hall–Kier alpha value is -0.580. The third kappa shape index (κ3) is 1.70. The fourth-order valence-corrected chi connectivity index (χ4v) is 2.11. The smallest absolute Gasteiger partial charge is 0.323 e. The molecule has 1 aliphatic rings. The average molecular weight is 251 g/mol. The maximum Gasteiger partial charge on any atom is 0.323 e. The van der Waals surface area contributed by atoms with E-state index in [0.29, 0.717) is 24.8 Å².